The molecule has 0 radical (unpaired) electrons. The summed E-state index contributed by atoms with van der Waals surface area (Å²) in [4.78, 5) is 0. The molecule has 2 aromatic carbocycles. The number of para-hydroxylation sites is 1. The van der Waals surface area contributed by atoms with Gasteiger partial charge in [0, 0.05) is 26.5 Å². The number of halogens is 4. The van der Waals surface area contributed by atoms with Crippen molar-refractivity contribution in [2.75, 3.05) is 0 Å². The molecule has 19 heavy (non-hydrogen) atoms. The second-order valence-corrected chi connectivity index (χ2v) is 5.23. The van der Waals surface area contributed by atoms with Gasteiger partial charge in [-0.25, -0.2) is 4.39 Å². The van der Waals surface area contributed by atoms with Crippen LogP contribution in [0.1, 0.15) is 11.1 Å². The first-order valence-electron chi connectivity index (χ1n) is 5.52. The van der Waals surface area contributed by atoms with Gasteiger partial charge in [-0.1, -0.05) is 57.3 Å². The molecule has 0 spiro atoms. The van der Waals surface area contributed by atoms with Crippen molar-refractivity contribution in [2.24, 2.45) is 0 Å². The van der Waals surface area contributed by atoms with Crippen molar-refractivity contribution in [3.8, 4) is 5.75 Å². The minimum Gasteiger partial charge on any atom is -0.485 e. The van der Waals surface area contributed by atoms with Gasteiger partial charge < -0.3 is 4.74 Å². The van der Waals surface area contributed by atoms with E-state index in [1.807, 2.05) is 0 Å². The lowest BCUT2D eigenvalue weighted by Crippen LogP contribution is -2.01. The second kappa shape index (κ2) is 6.60. The minimum absolute atomic E-state index is 0.124. The lowest BCUT2D eigenvalue weighted by molar-refractivity contribution is 0.288. The molecule has 0 amide bonds. The molecular formula is C14H10BrCl2FO. The molecule has 1 nitrogen and oxygen atoms in total. The first kappa shape index (κ1) is 14.6. The maximum absolute atomic E-state index is 13.7. The molecular weight excluding hydrogens is 354 g/mol. The molecule has 2 aromatic rings. The smallest absolute Gasteiger partial charge is 0.165 e. The van der Waals surface area contributed by atoms with Crippen LogP contribution >= 0.6 is 39.1 Å². The van der Waals surface area contributed by atoms with Gasteiger partial charge in [-0.3, -0.25) is 0 Å². The number of benzene rings is 2. The number of alkyl halides is 1. The summed E-state index contributed by atoms with van der Waals surface area (Å²) >= 11 is 15.4. The van der Waals surface area contributed by atoms with E-state index in [9.17, 15) is 4.39 Å². The van der Waals surface area contributed by atoms with Crippen molar-refractivity contribution >= 4 is 39.1 Å². The molecule has 0 N–H and O–H groups in total. The number of hydrogen-bond acceptors (Lipinski definition) is 1. The monoisotopic (exact) mass is 362 g/mol. The standard InChI is InChI=1S/C14H10BrCl2FO/c15-7-9-3-1-6-13(18)14(9)19-8-10-11(16)4-2-5-12(10)17/h1-6H,7-8H2. The molecule has 0 unspecified atom stereocenters. The molecule has 0 saturated carbocycles. The molecule has 0 bridgehead atoms. The van der Waals surface area contributed by atoms with Crippen LogP contribution in [0.2, 0.25) is 10.0 Å². The highest BCUT2D eigenvalue weighted by atomic mass is 79.9. The Morgan fingerprint density at radius 1 is 1.05 bits per heavy atom. The molecule has 0 fully saturated rings. The predicted octanol–water partition coefficient (Wildman–Crippen LogP) is 5.61. The Labute approximate surface area is 129 Å². The third kappa shape index (κ3) is 3.41. The van der Waals surface area contributed by atoms with Crippen LogP contribution in [0.15, 0.2) is 36.4 Å². The maximum Gasteiger partial charge on any atom is 0.165 e. The third-order valence-electron chi connectivity index (χ3n) is 2.62. The highest BCUT2D eigenvalue weighted by Gasteiger charge is 2.11. The van der Waals surface area contributed by atoms with Crippen LogP contribution in [0, 0.1) is 5.82 Å². The van der Waals surface area contributed by atoms with Crippen LogP contribution in [0.25, 0.3) is 0 Å². The molecule has 0 aliphatic carbocycles. The zero-order valence-corrected chi connectivity index (χ0v) is 12.9. The first-order chi connectivity index (χ1) is 9.13. The van der Waals surface area contributed by atoms with E-state index in [-0.39, 0.29) is 12.4 Å². The molecule has 0 aliphatic rings. The van der Waals surface area contributed by atoms with E-state index < -0.39 is 5.82 Å². The average molecular weight is 364 g/mol. The second-order valence-electron chi connectivity index (χ2n) is 3.85. The first-order valence-corrected chi connectivity index (χ1v) is 7.40. The summed E-state index contributed by atoms with van der Waals surface area (Å²) in [6.45, 7) is 0.124. The Morgan fingerprint density at radius 3 is 2.32 bits per heavy atom. The van der Waals surface area contributed by atoms with Gasteiger partial charge in [-0.05, 0) is 18.2 Å². The Hall–Kier alpha value is -0.770. The zero-order chi connectivity index (χ0) is 13.8. The van der Waals surface area contributed by atoms with Crippen molar-refractivity contribution in [1.82, 2.24) is 0 Å². The van der Waals surface area contributed by atoms with Gasteiger partial charge in [0.05, 0.1) is 0 Å². The van der Waals surface area contributed by atoms with Gasteiger partial charge in [-0.2, -0.15) is 0 Å². The van der Waals surface area contributed by atoms with Gasteiger partial charge in [0.25, 0.3) is 0 Å². The number of rotatable bonds is 4. The molecule has 2 rings (SSSR count). The van der Waals surface area contributed by atoms with Crippen molar-refractivity contribution < 1.29 is 9.13 Å². The van der Waals surface area contributed by atoms with E-state index >= 15 is 0 Å². The van der Waals surface area contributed by atoms with Crippen molar-refractivity contribution in [2.45, 2.75) is 11.9 Å². The molecule has 5 heteroatoms. The highest BCUT2D eigenvalue weighted by Crippen LogP contribution is 2.29. The summed E-state index contributed by atoms with van der Waals surface area (Å²) in [5, 5.41) is 1.52. The Bertz CT molecular complexity index is 569. The van der Waals surface area contributed by atoms with E-state index in [0.717, 1.165) is 5.56 Å². The molecule has 0 heterocycles. The SMILES string of the molecule is Fc1cccc(CBr)c1OCc1c(Cl)cccc1Cl. The van der Waals surface area contributed by atoms with Crippen LogP contribution in [-0.4, -0.2) is 0 Å². The van der Waals surface area contributed by atoms with Crippen molar-refractivity contribution in [3.05, 3.63) is 63.4 Å². The molecule has 0 aliphatic heterocycles. The largest absolute Gasteiger partial charge is 0.485 e. The lowest BCUT2D eigenvalue weighted by Gasteiger charge is -2.12. The lowest BCUT2D eigenvalue weighted by atomic mass is 10.2. The number of ether oxygens (including phenoxy) is 1. The Kier molecular flexibility index (Phi) is 5.08. The fourth-order valence-electron chi connectivity index (χ4n) is 1.63. The normalized spacial score (nSPS) is 10.5. The zero-order valence-electron chi connectivity index (χ0n) is 9.80. The van der Waals surface area contributed by atoms with E-state index in [0.29, 0.717) is 20.9 Å². The molecule has 0 aromatic heterocycles. The molecule has 100 valence electrons. The fourth-order valence-corrected chi connectivity index (χ4v) is 2.58. The topological polar surface area (TPSA) is 9.23 Å². The summed E-state index contributed by atoms with van der Waals surface area (Å²) in [5.41, 5.74) is 1.39. The van der Waals surface area contributed by atoms with E-state index in [2.05, 4.69) is 15.9 Å². The number of hydrogen-bond donors (Lipinski definition) is 0. The van der Waals surface area contributed by atoms with Crippen molar-refractivity contribution in [3.63, 3.8) is 0 Å². The summed E-state index contributed by atoms with van der Waals surface area (Å²) in [5.74, 6) is -0.185. The van der Waals surface area contributed by atoms with Crippen LogP contribution in [-0.2, 0) is 11.9 Å². The van der Waals surface area contributed by atoms with Gasteiger partial charge in [-0.15, -0.1) is 0 Å². The van der Waals surface area contributed by atoms with Gasteiger partial charge in [0.2, 0.25) is 0 Å². The van der Waals surface area contributed by atoms with E-state index in [1.165, 1.54) is 6.07 Å². The Morgan fingerprint density at radius 2 is 1.68 bits per heavy atom. The molecule has 0 saturated heterocycles. The summed E-state index contributed by atoms with van der Waals surface area (Å²) < 4.78 is 19.3. The van der Waals surface area contributed by atoms with Crippen LogP contribution in [0.3, 0.4) is 0 Å². The van der Waals surface area contributed by atoms with E-state index in [1.54, 1.807) is 30.3 Å². The fraction of sp³-hybridized carbons (Fsp3) is 0.143. The van der Waals surface area contributed by atoms with Crippen molar-refractivity contribution in [1.29, 1.82) is 0 Å². The molecule has 0 atom stereocenters. The quantitative estimate of drug-likeness (QED) is 0.642. The maximum atomic E-state index is 13.7. The summed E-state index contributed by atoms with van der Waals surface area (Å²) in [6.07, 6.45) is 0. The van der Waals surface area contributed by atoms with Crippen LogP contribution in [0.4, 0.5) is 4.39 Å². The summed E-state index contributed by atoms with van der Waals surface area (Å²) in [7, 11) is 0. The van der Waals surface area contributed by atoms with Gasteiger partial charge in [0.15, 0.2) is 11.6 Å². The predicted molar refractivity (Wildman–Crippen MR) is 79.8 cm³/mol. The van der Waals surface area contributed by atoms with Crippen LogP contribution in [0.5, 0.6) is 5.75 Å². The van der Waals surface area contributed by atoms with Gasteiger partial charge in [0.1, 0.15) is 6.61 Å². The van der Waals surface area contributed by atoms with Gasteiger partial charge >= 0.3 is 0 Å². The third-order valence-corrected chi connectivity index (χ3v) is 3.93. The average Bonchev–Trinajstić information content (AvgIpc) is 2.39. The Balaban J connectivity index is 2.24. The summed E-state index contributed by atoms with van der Waals surface area (Å²) in [6, 6.07) is 9.98. The minimum atomic E-state index is -0.403. The van der Waals surface area contributed by atoms with Crippen LogP contribution < -0.4 is 4.74 Å². The van der Waals surface area contributed by atoms with E-state index in [4.69, 9.17) is 27.9 Å². The highest BCUT2D eigenvalue weighted by molar-refractivity contribution is 9.08.